The monoisotopic (exact) mass is 244 g/mol. The summed E-state index contributed by atoms with van der Waals surface area (Å²) in [6, 6.07) is 9.80. The number of nitrogens with one attached hydrogen (secondary N) is 1. The van der Waals surface area contributed by atoms with Gasteiger partial charge in [0.2, 0.25) is 0 Å². The molecule has 0 fully saturated rings. The Kier molecular flexibility index (Phi) is 6.18. The lowest BCUT2D eigenvalue weighted by Gasteiger charge is -2.01. The van der Waals surface area contributed by atoms with Crippen LogP contribution in [0.25, 0.3) is 0 Å². The molecule has 0 atom stereocenters. The molecule has 0 aliphatic carbocycles. The van der Waals surface area contributed by atoms with Gasteiger partial charge in [-0.2, -0.15) is 0 Å². The minimum absolute atomic E-state index is 0. The van der Waals surface area contributed by atoms with E-state index in [9.17, 15) is 0 Å². The maximum atomic E-state index is 6.91. The molecule has 0 spiro atoms. The van der Waals surface area contributed by atoms with Crippen LogP contribution in [0.15, 0.2) is 30.3 Å². The molecule has 3 N–H and O–H groups in total. The predicted molar refractivity (Wildman–Crippen MR) is 58.3 cm³/mol. The summed E-state index contributed by atoms with van der Waals surface area (Å²) >= 11 is 0. The summed E-state index contributed by atoms with van der Waals surface area (Å²) in [4.78, 5) is 0. The molecule has 0 unspecified atom stereocenters. The summed E-state index contributed by atoms with van der Waals surface area (Å²) in [7, 11) is 0. The van der Waals surface area contributed by atoms with Crippen molar-refractivity contribution in [2.45, 2.75) is 6.61 Å². The number of nitrogens with two attached hydrogens (primary N) is 1. The molecule has 1 aromatic rings. The van der Waals surface area contributed by atoms with Crippen molar-refractivity contribution in [3.05, 3.63) is 35.9 Å². The van der Waals surface area contributed by atoms with E-state index in [-0.39, 0.29) is 29.4 Å². The van der Waals surface area contributed by atoms with Gasteiger partial charge < -0.3 is 10.5 Å². The number of amidine groups is 1. The molecule has 4 heteroatoms. The zero-order valence-corrected chi connectivity index (χ0v) is 8.91. The fourth-order valence-electron chi connectivity index (χ4n) is 0.853. The molecule has 0 aliphatic heterocycles. The van der Waals surface area contributed by atoms with Gasteiger partial charge in [-0.05, 0) is 5.56 Å². The van der Waals surface area contributed by atoms with E-state index in [1.54, 1.807) is 0 Å². The van der Waals surface area contributed by atoms with Gasteiger partial charge in [0.25, 0.3) is 0 Å². The van der Waals surface area contributed by atoms with Gasteiger partial charge in [0, 0.05) is 0 Å². The fraction of sp³-hybridized carbons (Fsp3) is 0.222. The van der Waals surface area contributed by atoms with E-state index >= 15 is 0 Å². The summed E-state index contributed by atoms with van der Waals surface area (Å²) in [5, 5.41) is 6.91. The van der Waals surface area contributed by atoms with Crippen LogP contribution in [0, 0.1) is 5.41 Å². The maximum absolute atomic E-state index is 6.91. The molecule has 0 saturated heterocycles. The summed E-state index contributed by atoms with van der Waals surface area (Å²) in [5.74, 6) is 0.0610. The van der Waals surface area contributed by atoms with E-state index in [0.717, 1.165) is 5.56 Å². The number of benzene rings is 1. The largest absolute Gasteiger partial charge is 0.386 e. The van der Waals surface area contributed by atoms with Crippen molar-refractivity contribution in [2.24, 2.45) is 5.73 Å². The molecular weight excluding hydrogens is 232 g/mol. The lowest BCUT2D eigenvalue weighted by atomic mass is 10.2. The van der Waals surface area contributed by atoms with Crippen molar-refractivity contribution in [3.8, 4) is 0 Å². The van der Waals surface area contributed by atoms with Gasteiger partial charge in [0.05, 0.1) is 6.61 Å². The first-order valence-electron chi connectivity index (χ1n) is 3.73. The zero-order chi connectivity index (χ0) is 8.81. The molecule has 1 rings (SSSR count). The summed E-state index contributed by atoms with van der Waals surface area (Å²) < 4.78 is 5.13. The van der Waals surface area contributed by atoms with E-state index in [2.05, 4.69) is 0 Å². The molecule has 3 nitrogen and oxygen atoms in total. The van der Waals surface area contributed by atoms with Crippen LogP contribution >= 0.6 is 17.0 Å². The van der Waals surface area contributed by atoms with Crippen molar-refractivity contribution in [1.82, 2.24) is 0 Å². The first-order chi connectivity index (χ1) is 5.79. The molecule has 0 aliphatic rings. The Morgan fingerprint density at radius 2 is 1.92 bits per heavy atom. The highest BCUT2D eigenvalue weighted by atomic mass is 79.9. The second-order valence-electron chi connectivity index (χ2n) is 2.50. The molecule has 0 aromatic heterocycles. The molecule has 13 heavy (non-hydrogen) atoms. The third-order valence-corrected chi connectivity index (χ3v) is 1.37. The number of hydrogen-bond donors (Lipinski definition) is 2. The van der Waals surface area contributed by atoms with Crippen LogP contribution < -0.4 is 5.73 Å². The Hall–Kier alpha value is -0.870. The van der Waals surface area contributed by atoms with Crippen LogP contribution in [0.4, 0.5) is 0 Å². The lowest BCUT2D eigenvalue weighted by Crippen LogP contribution is -2.16. The van der Waals surface area contributed by atoms with Gasteiger partial charge in [0.15, 0.2) is 0 Å². The first kappa shape index (κ1) is 12.1. The number of ether oxygens (including phenoxy) is 1. The Balaban J connectivity index is 0.00000144. The molecule has 0 saturated carbocycles. The first-order valence-corrected chi connectivity index (χ1v) is 3.73. The highest BCUT2D eigenvalue weighted by molar-refractivity contribution is 8.93. The smallest absolute Gasteiger partial charge is 0.117 e. The SMILES string of the molecule is Br.N=C(N)COCc1ccccc1. The van der Waals surface area contributed by atoms with Crippen molar-refractivity contribution >= 4 is 22.8 Å². The second-order valence-corrected chi connectivity index (χ2v) is 2.50. The van der Waals surface area contributed by atoms with Crippen molar-refractivity contribution in [3.63, 3.8) is 0 Å². The summed E-state index contributed by atoms with van der Waals surface area (Å²) in [5.41, 5.74) is 6.21. The Morgan fingerprint density at radius 3 is 2.46 bits per heavy atom. The van der Waals surface area contributed by atoms with Crippen LogP contribution in [-0.4, -0.2) is 12.4 Å². The minimum atomic E-state index is 0. The third-order valence-electron chi connectivity index (χ3n) is 1.37. The molecule has 1 aromatic carbocycles. The van der Waals surface area contributed by atoms with Crippen LogP contribution in [-0.2, 0) is 11.3 Å². The van der Waals surface area contributed by atoms with Gasteiger partial charge in [-0.25, -0.2) is 0 Å². The van der Waals surface area contributed by atoms with E-state index in [4.69, 9.17) is 15.9 Å². The van der Waals surface area contributed by atoms with Crippen LogP contribution in [0.2, 0.25) is 0 Å². The van der Waals surface area contributed by atoms with Crippen LogP contribution in [0.1, 0.15) is 5.56 Å². The van der Waals surface area contributed by atoms with E-state index in [1.165, 1.54) is 0 Å². The highest BCUT2D eigenvalue weighted by Gasteiger charge is 1.91. The third kappa shape index (κ3) is 5.38. The molecule has 0 bridgehead atoms. The lowest BCUT2D eigenvalue weighted by molar-refractivity contribution is 0.157. The van der Waals surface area contributed by atoms with Gasteiger partial charge in [0.1, 0.15) is 12.4 Å². The normalized spacial score (nSPS) is 8.92. The standard InChI is InChI=1S/C9H12N2O.BrH/c10-9(11)7-12-6-8-4-2-1-3-5-8;/h1-5H,6-7H2,(H3,10,11);1H. The van der Waals surface area contributed by atoms with Gasteiger partial charge >= 0.3 is 0 Å². The van der Waals surface area contributed by atoms with Gasteiger partial charge in [-0.15, -0.1) is 17.0 Å². The summed E-state index contributed by atoms with van der Waals surface area (Å²) in [6.45, 7) is 0.718. The molecule has 72 valence electrons. The van der Waals surface area contributed by atoms with Gasteiger partial charge in [-0.3, -0.25) is 5.41 Å². The Bertz CT molecular complexity index is 251. The minimum Gasteiger partial charge on any atom is -0.386 e. The highest BCUT2D eigenvalue weighted by Crippen LogP contribution is 1.99. The van der Waals surface area contributed by atoms with Crippen molar-refractivity contribution < 1.29 is 4.74 Å². The number of halogens is 1. The Labute approximate surface area is 88.2 Å². The Morgan fingerprint density at radius 1 is 1.31 bits per heavy atom. The fourth-order valence-corrected chi connectivity index (χ4v) is 0.853. The average molecular weight is 245 g/mol. The maximum Gasteiger partial charge on any atom is 0.117 e. The molecule has 0 heterocycles. The number of rotatable bonds is 4. The predicted octanol–water partition coefficient (Wildman–Crippen LogP) is 1.72. The topological polar surface area (TPSA) is 59.1 Å². The van der Waals surface area contributed by atoms with Crippen molar-refractivity contribution in [1.29, 1.82) is 5.41 Å². The van der Waals surface area contributed by atoms with Crippen molar-refractivity contribution in [2.75, 3.05) is 6.61 Å². The van der Waals surface area contributed by atoms with Gasteiger partial charge in [-0.1, -0.05) is 30.3 Å². The van der Waals surface area contributed by atoms with Crippen LogP contribution in [0.3, 0.4) is 0 Å². The second kappa shape index (κ2) is 6.62. The summed E-state index contributed by atoms with van der Waals surface area (Å²) in [6.07, 6.45) is 0. The molecule has 0 amide bonds. The van der Waals surface area contributed by atoms with Crippen LogP contribution in [0.5, 0.6) is 0 Å². The number of hydrogen-bond acceptors (Lipinski definition) is 2. The van der Waals surface area contributed by atoms with E-state index < -0.39 is 0 Å². The molecule has 0 radical (unpaired) electrons. The molecular formula is C9H13BrN2O. The average Bonchev–Trinajstić information content (AvgIpc) is 2.05. The zero-order valence-electron chi connectivity index (χ0n) is 7.19. The van der Waals surface area contributed by atoms with E-state index in [1.807, 2.05) is 30.3 Å². The quantitative estimate of drug-likeness (QED) is 0.626. The van der Waals surface area contributed by atoms with E-state index in [0.29, 0.717) is 6.61 Å².